The topological polar surface area (TPSA) is 31.4 Å². The molecule has 2 rings (SSSR count). The quantitative estimate of drug-likeness (QED) is 0.887. The van der Waals surface area contributed by atoms with Gasteiger partial charge in [0.25, 0.3) is 0 Å². The number of pyridine rings is 1. The molecule has 1 saturated heterocycles. The first-order chi connectivity index (χ1) is 8.70. The Hall–Kier alpha value is -1.29. The van der Waals surface area contributed by atoms with E-state index in [0.717, 1.165) is 31.3 Å². The second-order valence-electron chi connectivity index (χ2n) is 5.07. The third kappa shape index (κ3) is 3.13. The molecule has 1 aliphatic heterocycles. The summed E-state index contributed by atoms with van der Waals surface area (Å²) in [6.45, 7) is 8.66. The summed E-state index contributed by atoms with van der Waals surface area (Å²) < 4.78 is 0. The van der Waals surface area contributed by atoms with Gasteiger partial charge in [0.05, 0.1) is 0 Å². The van der Waals surface area contributed by atoms with Crippen molar-refractivity contribution in [2.24, 2.45) is 0 Å². The molecule has 1 aromatic rings. The molecule has 0 spiro atoms. The van der Waals surface area contributed by atoms with E-state index in [1.807, 2.05) is 6.07 Å². The molecule has 2 heterocycles. The lowest BCUT2D eigenvalue weighted by molar-refractivity contribution is 0.337. The lowest BCUT2D eigenvalue weighted by atomic mass is 10.2. The molecule has 0 aliphatic carbocycles. The lowest BCUT2D eigenvalue weighted by Crippen LogP contribution is -2.38. The number of anilines is 2. The van der Waals surface area contributed by atoms with E-state index >= 15 is 0 Å². The minimum atomic E-state index is 0.516. The Labute approximate surface area is 110 Å². The van der Waals surface area contributed by atoms with Gasteiger partial charge in [0.2, 0.25) is 0 Å². The highest BCUT2D eigenvalue weighted by molar-refractivity contribution is 5.47. The minimum Gasteiger partial charge on any atom is -0.370 e. The van der Waals surface area contributed by atoms with Crippen molar-refractivity contribution in [3.05, 3.63) is 18.2 Å². The van der Waals surface area contributed by atoms with Gasteiger partial charge < -0.3 is 15.1 Å². The molecule has 1 aromatic heterocycles. The second kappa shape index (κ2) is 6.05. The Bertz CT molecular complexity index is 380. The molecule has 0 saturated carbocycles. The van der Waals surface area contributed by atoms with Gasteiger partial charge in [0.1, 0.15) is 11.6 Å². The number of rotatable bonds is 3. The summed E-state index contributed by atoms with van der Waals surface area (Å²) >= 11 is 0. The summed E-state index contributed by atoms with van der Waals surface area (Å²) in [6, 6.07) is 6.74. The highest BCUT2D eigenvalue weighted by atomic mass is 15.3. The van der Waals surface area contributed by atoms with E-state index in [-0.39, 0.29) is 0 Å². The molecule has 100 valence electrons. The maximum atomic E-state index is 4.70. The Kier molecular flexibility index (Phi) is 4.42. The average Bonchev–Trinajstić information content (AvgIpc) is 2.51. The molecule has 1 N–H and O–H groups in total. The highest BCUT2D eigenvalue weighted by Crippen LogP contribution is 2.19. The Morgan fingerprint density at radius 3 is 3.00 bits per heavy atom. The van der Waals surface area contributed by atoms with Crippen molar-refractivity contribution in [3.8, 4) is 0 Å². The molecule has 0 radical (unpaired) electrons. The largest absolute Gasteiger partial charge is 0.370 e. The molecule has 0 aromatic carbocycles. The first-order valence-corrected chi connectivity index (χ1v) is 6.87. The fourth-order valence-corrected chi connectivity index (χ4v) is 2.58. The Morgan fingerprint density at radius 1 is 1.39 bits per heavy atom. The fourth-order valence-electron chi connectivity index (χ4n) is 2.58. The molecule has 4 heteroatoms. The van der Waals surface area contributed by atoms with Crippen molar-refractivity contribution in [3.63, 3.8) is 0 Å². The van der Waals surface area contributed by atoms with Crippen LogP contribution in [0.4, 0.5) is 11.6 Å². The molecule has 1 fully saturated rings. The van der Waals surface area contributed by atoms with E-state index in [4.69, 9.17) is 4.98 Å². The summed E-state index contributed by atoms with van der Waals surface area (Å²) in [4.78, 5) is 9.52. The number of hydrogen-bond donors (Lipinski definition) is 1. The standard InChI is InChI=1S/C14H24N4/c1-4-15-13-7-5-8-14(16-13)18-10-6-9-17(3)11-12(18)2/h5,7-8,12H,4,6,9-11H2,1-3H3,(H,15,16). The Balaban J connectivity index is 2.15. The molecule has 1 atom stereocenters. The van der Waals surface area contributed by atoms with Crippen LogP contribution >= 0.6 is 0 Å². The number of likely N-dealkylation sites (N-methyl/N-ethyl adjacent to an activating group) is 1. The van der Waals surface area contributed by atoms with E-state index in [1.54, 1.807) is 0 Å². The van der Waals surface area contributed by atoms with Crippen molar-refractivity contribution in [1.29, 1.82) is 0 Å². The van der Waals surface area contributed by atoms with Gasteiger partial charge in [0, 0.05) is 25.7 Å². The predicted octanol–water partition coefficient (Wildman–Crippen LogP) is 2.04. The third-order valence-corrected chi connectivity index (χ3v) is 3.43. The zero-order chi connectivity index (χ0) is 13.0. The summed E-state index contributed by atoms with van der Waals surface area (Å²) in [5.41, 5.74) is 0. The normalized spacial score (nSPS) is 21.7. The van der Waals surface area contributed by atoms with Gasteiger partial charge in [0.15, 0.2) is 0 Å². The fraction of sp³-hybridized carbons (Fsp3) is 0.643. The van der Waals surface area contributed by atoms with Gasteiger partial charge in [-0.1, -0.05) is 6.07 Å². The van der Waals surface area contributed by atoms with Crippen LogP contribution in [0.2, 0.25) is 0 Å². The van der Waals surface area contributed by atoms with E-state index < -0.39 is 0 Å². The molecule has 0 amide bonds. The van der Waals surface area contributed by atoms with Crippen LogP contribution in [0, 0.1) is 0 Å². The molecular weight excluding hydrogens is 224 g/mol. The first-order valence-electron chi connectivity index (χ1n) is 6.87. The van der Waals surface area contributed by atoms with Gasteiger partial charge in [-0.25, -0.2) is 4.98 Å². The highest BCUT2D eigenvalue weighted by Gasteiger charge is 2.20. The minimum absolute atomic E-state index is 0.516. The monoisotopic (exact) mass is 248 g/mol. The third-order valence-electron chi connectivity index (χ3n) is 3.43. The number of nitrogens with one attached hydrogen (secondary N) is 1. The van der Waals surface area contributed by atoms with Crippen LogP contribution in [0.1, 0.15) is 20.3 Å². The smallest absolute Gasteiger partial charge is 0.131 e. The van der Waals surface area contributed by atoms with Crippen LogP contribution in [0.15, 0.2) is 18.2 Å². The first kappa shape index (κ1) is 13.1. The van der Waals surface area contributed by atoms with E-state index in [9.17, 15) is 0 Å². The molecule has 1 aliphatic rings. The van der Waals surface area contributed by atoms with Crippen LogP contribution in [0.3, 0.4) is 0 Å². The van der Waals surface area contributed by atoms with Gasteiger partial charge in [-0.05, 0) is 46.0 Å². The lowest BCUT2D eigenvalue weighted by Gasteiger charge is -2.29. The van der Waals surface area contributed by atoms with Crippen molar-refractivity contribution in [2.75, 3.05) is 43.4 Å². The maximum absolute atomic E-state index is 4.70. The van der Waals surface area contributed by atoms with Gasteiger partial charge in [-0.15, -0.1) is 0 Å². The van der Waals surface area contributed by atoms with Gasteiger partial charge >= 0.3 is 0 Å². The van der Waals surface area contributed by atoms with E-state index in [0.29, 0.717) is 6.04 Å². The van der Waals surface area contributed by atoms with Crippen molar-refractivity contribution in [1.82, 2.24) is 9.88 Å². The molecule has 1 unspecified atom stereocenters. The van der Waals surface area contributed by atoms with E-state index in [1.165, 1.54) is 13.0 Å². The summed E-state index contributed by atoms with van der Waals surface area (Å²) in [7, 11) is 2.20. The zero-order valence-electron chi connectivity index (χ0n) is 11.7. The van der Waals surface area contributed by atoms with Crippen molar-refractivity contribution < 1.29 is 0 Å². The van der Waals surface area contributed by atoms with Crippen molar-refractivity contribution >= 4 is 11.6 Å². The summed E-state index contributed by atoms with van der Waals surface area (Å²) in [5, 5.41) is 3.28. The second-order valence-corrected chi connectivity index (χ2v) is 5.07. The van der Waals surface area contributed by atoms with Gasteiger partial charge in [-0.3, -0.25) is 0 Å². The zero-order valence-corrected chi connectivity index (χ0v) is 11.7. The Morgan fingerprint density at radius 2 is 2.22 bits per heavy atom. The maximum Gasteiger partial charge on any atom is 0.131 e. The van der Waals surface area contributed by atoms with E-state index in [2.05, 4.69) is 48.1 Å². The number of hydrogen-bond acceptors (Lipinski definition) is 4. The summed E-state index contributed by atoms with van der Waals surface area (Å²) in [5.74, 6) is 2.07. The SMILES string of the molecule is CCNc1cccc(N2CCCN(C)CC2C)n1. The van der Waals surface area contributed by atoms with Crippen LogP contribution in [-0.2, 0) is 0 Å². The molecular formula is C14H24N4. The van der Waals surface area contributed by atoms with Crippen LogP contribution in [0.25, 0.3) is 0 Å². The van der Waals surface area contributed by atoms with Crippen LogP contribution < -0.4 is 10.2 Å². The molecule has 0 bridgehead atoms. The number of nitrogens with zero attached hydrogens (tertiary/aromatic N) is 3. The number of aromatic nitrogens is 1. The van der Waals surface area contributed by atoms with Crippen molar-refractivity contribution in [2.45, 2.75) is 26.3 Å². The predicted molar refractivity (Wildman–Crippen MR) is 77.3 cm³/mol. The summed E-state index contributed by atoms with van der Waals surface area (Å²) in [6.07, 6.45) is 1.20. The molecule has 4 nitrogen and oxygen atoms in total. The molecule has 18 heavy (non-hydrogen) atoms. The van der Waals surface area contributed by atoms with Gasteiger partial charge in [-0.2, -0.15) is 0 Å². The average molecular weight is 248 g/mol. The van der Waals surface area contributed by atoms with Crippen LogP contribution in [0.5, 0.6) is 0 Å². The van der Waals surface area contributed by atoms with Crippen LogP contribution in [-0.4, -0.2) is 49.2 Å².